The van der Waals surface area contributed by atoms with Crippen molar-refractivity contribution >= 4 is 43.5 Å². The van der Waals surface area contributed by atoms with E-state index in [4.69, 9.17) is 16.3 Å². The van der Waals surface area contributed by atoms with Gasteiger partial charge in [-0.05, 0) is 36.6 Å². The lowest BCUT2D eigenvalue weighted by Crippen LogP contribution is -2.07. The Morgan fingerprint density at radius 2 is 2.20 bits per heavy atom. The van der Waals surface area contributed by atoms with E-state index in [-0.39, 0.29) is 6.10 Å². The number of hydrogen-bond donors (Lipinski definition) is 0. The summed E-state index contributed by atoms with van der Waals surface area (Å²) in [7, 11) is 0. The number of rotatable bonds is 2. The highest BCUT2D eigenvalue weighted by Gasteiger charge is 2.27. The first-order chi connectivity index (χ1) is 7.20. The lowest BCUT2D eigenvalue weighted by molar-refractivity contribution is 0.0584. The molecule has 4 heteroatoms. The van der Waals surface area contributed by atoms with Gasteiger partial charge in [0, 0.05) is 14.8 Å². The second kappa shape index (κ2) is 5.17. The van der Waals surface area contributed by atoms with Crippen LogP contribution < -0.4 is 0 Å². The number of alkyl halides is 1. The van der Waals surface area contributed by atoms with E-state index in [1.54, 1.807) is 0 Å². The van der Waals surface area contributed by atoms with Crippen LogP contribution in [0, 0.1) is 0 Å². The molecule has 1 fully saturated rings. The summed E-state index contributed by atoms with van der Waals surface area (Å²) in [6.45, 7) is 0. The van der Waals surface area contributed by atoms with Gasteiger partial charge in [0.1, 0.15) is 0 Å². The van der Waals surface area contributed by atoms with Crippen molar-refractivity contribution < 1.29 is 4.74 Å². The first-order valence-electron chi connectivity index (χ1n) is 4.87. The Morgan fingerprint density at radius 3 is 2.87 bits per heavy atom. The molecule has 0 spiro atoms. The molecule has 2 atom stereocenters. The van der Waals surface area contributed by atoms with Crippen molar-refractivity contribution in [3.63, 3.8) is 0 Å². The zero-order chi connectivity index (χ0) is 10.8. The Hall–Kier alpha value is 0.430. The van der Waals surface area contributed by atoms with E-state index >= 15 is 0 Å². The highest BCUT2D eigenvalue weighted by Crippen LogP contribution is 2.37. The van der Waals surface area contributed by atoms with E-state index in [0.29, 0.717) is 6.10 Å². The van der Waals surface area contributed by atoms with Crippen molar-refractivity contribution in [1.82, 2.24) is 0 Å². The number of benzene rings is 1. The van der Waals surface area contributed by atoms with E-state index < -0.39 is 0 Å². The van der Waals surface area contributed by atoms with Crippen LogP contribution in [0.1, 0.15) is 24.5 Å². The Kier molecular flexibility index (Phi) is 4.10. The van der Waals surface area contributed by atoms with Gasteiger partial charge in [0.25, 0.3) is 0 Å². The van der Waals surface area contributed by atoms with E-state index in [0.717, 1.165) is 33.2 Å². The summed E-state index contributed by atoms with van der Waals surface area (Å²) >= 11 is 13.0. The highest BCUT2D eigenvalue weighted by atomic mass is 79.9. The first kappa shape index (κ1) is 11.9. The zero-order valence-electron chi connectivity index (χ0n) is 8.05. The maximum absolute atomic E-state index is 5.98. The van der Waals surface area contributed by atoms with E-state index in [1.165, 1.54) is 0 Å². The van der Waals surface area contributed by atoms with Gasteiger partial charge in [-0.2, -0.15) is 0 Å². The van der Waals surface area contributed by atoms with Gasteiger partial charge in [0.2, 0.25) is 0 Å². The van der Waals surface area contributed by atoms with Crippen LogP contribution in [0.5, 0.6) is 0 Å². The number of ether oxygens (including phenoxy) is 1. The minimum atomic E-state index is 0.181. The van der Waals surface area contributed by atoms with E-state index in [2.05, 4.69) is 31.9 Å². The van der Waals surface area contributed by atoms with Crippen molar-refractivity contribution in [2.24, 2.45) is 0 Å². The van der Waals surface area contributed by atoms with Crippen molar-refractivity contribution in [1.29, 1.82) is 0 Å². The molecule has 1 heterocycles. The quantitative estimate of drug-likeness (QED) is 0.699. The molecule has 0 amide bonds. The summed E-state index contributed by atoms with van der Waals surface area (Å²) in [5.41, 5.74) is 1.16. The van der Waals surface area contributed by atoms with E-state index in [1.807, 2.05) is 18.2 Å². The minimum Gasteiger partial charge on any atom is -0.369 e. The highest BCUT2D eigenvalue weighted by molar-refractivity contribution is 9.10. The molecular formula is C11H11Br2ClO. The second-order valence-electron chi connectivity index (χ2n) is 3.64. The summed E-state index contributed by atoms with van der Waals surface area (Å²) in [5, 5.41) is 1.67. The predicted molar refractivity (Wildman–Crippen MR) is 69.8 cm³/mol. The van der Waals surface area contributed by atoms with E-state index in [9.17, 15) is 0 Å². The Morgan fingerprint density at radius 1 is 1.40 bits per heavy atom. The van der Waals surface area contributed by atoms with Crippen LogP contribution >= 0.6 is 43.5 Å². The van der Waals surface area contributed by atoms with Crippen molar-refractivity contribution in [3.05, 3.63) is 33.3 Å². The fraction of sp³-hybridized carbons (Fsp3) is 0.455. The molecule has 0 aliphatic carbocycles. The lowest BCUT2D eigenvalue weighted by atomic mass is 10.1. The molecule has 0 saturated carbocycles. The molecule has 1 saturated heterocycles. The van der Waals surface area contributed by atoms with Crippen LogP contribution in [0.15, 0.2) is 22.7 Å². The molecule has 2 unspecified atom stereocenters. The Labute approximate surface area is 111 Å². The normalized spacial score (nSPS) is 25.8. The standard InChI is InChI=1S/C11H11Br2ClO/c12-6-8-2-4-11(15-8)9-5-7(14)1-3-10(9)13/h1,3,5,8,11H,2,4,6H2. The van der Waals surface area contributed by atoms with Crippen molar-refractivity contribution in [2.75, 3.05) is 5.33 Å². The third-order valence-electron chi connectivity index (χ3n) is 2.58. The molecule has 1 aliphatic heterocycles. The smallest absolute Gasteiger partial charge is 0.0841 e. The summed E-state index contributed by atoms with van der Waals surface area (Å²) in [6, 6.07) is 5.83. The largest absolute Gasteiger partial charge is 0.369 e. The Balaban J connectivity index is 2.19. The van der Waals surface area contributed by atoms with Crippen molar-refractivity contribution in [3.8, 4) is 0 Å². The van der Waals surface area contributed by atoms with Crippen molar-refractivity contribution in [2.45, 2.75) is 25.0 Å². The SMILES string of the molecule is Clc1ccc(Br)c(C2CCC(CBr)O2)c1. The van der Waals surface area contributed by atoms with Crippen LogP contribution in [0.3, 0.4) is 0 Å². The molecule has 82 valence electrons. The van der Waals surface area contributed by atoms with Crippen LogP contribution in [0.25, 0.3) is 0 Å². The van der Waals surface area contributed by atoms with Gasteiger partial charge in [-0.15, -0.1) is 0 Å². The zero-order valence-corrected chi connectivity index (χ0v) is 12.0. The average Bonchev–Trinajstić information content (AvgIpc) is 2.70. The maximum atomic E-state index is 5.98. The van der Waals surface area contributed by atoms with Gasteiger partial charge in [-0.1, -0.05) is 43.5 Å². The molecule has 2 rings (SSSR count). The third-order valence-corrected chi connectivity index (χ3v) is 4.26. The third kappa shape index (κ3) is 2.76. The predicted octanol–water partition coefficient (Wildman–Crippen LogP) is 4.72. The van der Waals surface area contributed by atoms with Gasteiger partial charge in [-0.3, -0.25) is 0 Å². The Bertz CT molecular complexity index is 356. The number of hydrogen-bond acceptors (Lipinski definition) is 1. The van der Waals surface area contributed by atoms with Gasteiger partial charge >= 0.3 is 0 Å². The summed E-state index contributed by atoms with van der Waals surface area (Å²) in [6.07, 6.45) is 2.69. The van der Waals surface area contributed by atoms with Crippen LogP contribution in [-0.4, -0.2) is 11.4 Å². The summed E-state index contributed by atoms with van der Waals surface area (Å²) < 4.78 is 6.97. The minimum absolute atomic E-state index is 0.181. The monoisotopic (exact) mass is 352 g/mol. The van der Waals surface area contributed by atoms with Gasteiger partial charge < -0.3 is 4.74 Å². The van der Waals surface area contributed by atoms with Crippen LogP contribution in [0.2, 0.25) is 5.02 Å². The topological polar surface area (TPSA) is 9.23 Å². The lowest BCUT2D eigenvalue weighted by Gasteiger charge is -2.14. The molecule has 0 bridgehead atoms. The molecule has 0 radical (unpaired) electrons. The molecule has 1 nitrogen and oxygen atoms in total. The van der Waals surface area contributed by atoms with Crippen LogP contribution in [-0.2, 0) is 4.74 Å². The molecular weight excluding hydrogens is 343 g/mol. The molecule has 0 N–H and O–H groups in total. The molecule has 0 aromatic heterocycles. The molecule has 1 aliphatic rings. The van der Waals surface area contributed by atoms with Crippen LogP contribution in [0.4, 0.5) is 0 Å². The molecule has 1 aromatic carbocycles. The molecule has 1 aromatic rings. The fourth-order valence-electron chi connectivity index (χ4n) is 1.81. The maximum Gasteiger partial charge on any atom is 0.0841 e. The fourth-order valence-corrected chi connectivity index (χ4v) is 2.97. The molecule has 15 heavy (non-hydrogen) atoms. The first-order valence-corrected chi connectivity index (χ1v) is 7.16. The average molecular weight is 354 g/mol. The van der Waals surface area contributed by atoms with Gasteiger partial charge in [-0.25, -0.2) is 0 Å². The summed E-state index contributed by atoms with van der Waals surface area (Å²) in [4.78, 5) is 0. The second-order valence-corrected chi connectivity index (χ2v) is 5.58. The van der Waals surface area contributed by atoms with Gasteiger partial charge in [0.05, 0.1) is 12.2 Å². The summed E-state index contributed by atoms with van der Waals surface area (Å²) in [5.74, 6) is 0. The van der Waals surface area contributed by atoms with Gasteiger partial charge in [0.15, 0.2) is 0 Å². The number of halogens is 3.